The van der Waals surface area contributed by atoms with Crippen molar-refractivity contribution in [3.63, 3.8) is 0 Å². The second-order valence-electron chi connectivity index (χ2n) is 5.79. The van der Waals surface area contributed by atoms with Crippen molar-refractivity contribution in [2.75, 3.05) is 42.4 Å². The summed E-state index contributed by atoms with van der Waals surface area (Å²) >= 11 is 0. The van der Waals surface area contributed by atoms with E-state index in [9.17, 15) is 13.2 Å². The van der Waals surface area contributed by atoms with Crippen LogP contribution < -0.4 is 15.5 Å². The van der Waals surface area contributed by atoms with E-state index >= 15 is 0 Å². The summed E-state index contributed by atoms with van der Waals surface area (Å²) < 4.78 is 22.7. The van der Waals surface area contributed by atoms with Crippen molar-refractivity contribution in [2.24, 2.45) is 0 Å². The molecule has 0 radical (unpaired) electrons. The van der Waals surface area contributed by atoms with Crippen molar-refractivity contribution >= 4 is 27.1 Å². The zero-order chi connectivity index (χ0) is 16.2. The van der Waals surface area contributed by atoms with Crippen molar-refractivity contribution in [1.29, 1.82) is 0 Å². The molecule has 1 aliphatic heterocycles. The quantitative estimate of drug-likeness (QED) is 0.811. The highest BCUT2D eigenvalue weighted by atomic mass is 32.2. The molecular weight excluding hydrogens is 302 g/mol. The Kier molecular flexibility index (Phi) is 5.42. The highest BCUT2D eigenvalue weighted by molar-refractivity contribution is 7.91. The SMILES string of the molecule is CN(C)c1ccc(NC(=O)CCNC2CCS(=O)(=O)C2)cc1. The van der Waals surface area contributed by atoms with Crippen LogP contribution in [0.15, 0.2) is 24.3 Å². The van der Waals surface area contributed by atoms with Crippen LogP contribution >= 0.6 is 0 Å². The number of benzene rings is 1. The van der Waals surface area contributed by atoms with Gasteiger partial charge in [0.05, 0.1) is 11.5 Å². The third-order valence-corrected chi connectivity index (χ3v) is 5.45. The van der Waals surface area contributed by atoms with Gasteiger partial charge in [0.1, 0.15) is 0 Å². The molecule has 1 atom stereocenters. The zero-order valence-electron chi connectivity index (χ0n) is 13.0. The number of nitrogens with one attached hydrogen (secondary N) is 2. The average Bonchev–Trinajstić information content (AvgIpc) is 2.79. The molecule has 22 heavy (non-hydrogen) atoms. The Hall–Kier alpha value is -1.60. The lowest BCUT2D eigenvalue weighted by molar-refractivity contribution is -0.116. The lowest BCUT2D eigenvalue weighted by Crippen LogP contribution is -2.32. The molecule has 2 rings (SSSR count). The fraction of sp³-hybridized carbons (Fsp3) is 0.533. The van der Waals surface area contributed by atoms with Gasteiger partial charge in [-0.25, -0.2) is 8.42 Å². The van der Waals surface area contributed by atoms with E-state index in [4.69, 9.17) is 0 Å². The van der Waals surface area contributed by atoms with Gasteiger partial charge >= 0.3 is 0 Å². The van der Waals surface area contributed by atoms with Gasteiger partial charge in [-0.3, -0.25) is 4.79 Å². The van der Waals surface area contributed by atoms with Gasteiger partial charge in [0.15, 0.2) is 9.84 Å². The van der Waals surface area contributed by atoms with E-state index in [2.05, 4.69) is 10.6 Å². The zero-order valence-corrected chi connectivity index (χ0v) is 13.8. The largest absolute Gasteiger partial charge is 0.378 e. The van der Waals surface area contributed by atoms with Crippen LogP contribution in [0.1, 0.15) is 12.8 Å². The van der Waals surface area contributed by atoms with Crippen molar-refractivity contribution in [1.82, 2.24) is 5.32 Å². The summed E-state index contributed by atoms with van der Waals surface area (Å²) in [6, 6.07) is 7.60. The van der Waals surface area contributed by atoms with Crippen molar-refractivity contribution in [2.45, 2.75) is 18.9 Å². The molecule has 0 saturated carbocycles. The summed E-state index contributed by atoms with van der Waals surface area (Å²) in [7, 11) is 1.05. The maximum Gasteiger partial charge on any atom is 0.225 e. The van der Waals surface area contributed by atoms with E-state index in [0.29, 0.717) is 19.4 Å². The third kappa shape index (κ3) is 4.99. The monoisotopic (exact) mass is 325 g/mol. The van der Waals surface area contributed by atoms with Gasteiger partial charge in [-0.2, -0.15) is 0 Å². The minimum atomic E-state index is -2.87. The standard InChI is InChI=1S/C15H23N3O3S/c1-18(2)14-5-3-12(4-6-14)17-15(19)7-9-16-13-8-10-22(20,21)11-13/h3-6,13,16H,7-11H2,1-2H3,(H,17,19). The van der Waals surface area contributed by atoms with E-state index in [0.717, 1.165) is 11.4 Å². The van der Waals surface area contributed by atoms with E-state index in [1.54, 1.807) is 0 Å². The minimum absolute atomic E-state index is 0.0165. The molecule has 0 aromatic heterocycles. The molecule has 1 fully saturated rings. The molecule has 1 aromatic rings. The van der Waals surface area contributed by atoms with Gasteiger partial charge in [-0.1, -0.05) is 0 Å². The summed E-state index contributed by atoms with van der Waals surface area (Å²) in [4.78, 5) is 13.8. The van der Waals surface area contributed by atoms with Crippen LogP contribution in [0, 0.1) is 0 Å². The molecule has 2 N–H and O–H groups in total. The first-order valence-electron chi connectivity index (χ1n) is 7.37. The minimum Gasteiger partial charge on any atom is -0.378 e. The lowest BCUT2D eigenvalue weighted by Gasteiger charge is -2.13. The van der Waals surface area contributed by atoms with Gasteiger partial charge in [0.2, 0.25) is 5.91 Å². The molecule has 1 aliphatic rings. The molecule has 1 aromatic carbocycles. The Balaban J connectivity index is 1.72. The number of sulfone groups is 1. The maximum atomic E-state index is 11.9. The van der Waals surface area contributed by atoms with Crippen molar-refractivity contribution < 1.29 is 13.2 Å². The highest BCUT2D eigenvalue weighted by Crippen LogP contribution is 2.15. The third-order valence-electron chi connectivity index (χ3n) is 3.68. The fourth-order valence-electron chi connectivity index (χ4n) is 2.41. The molecule has 6 nitrogen and oxygen atoms in total. The van der Waals surface area contributed by atoms with E-state index in [1.165, 1.54) is 0 Å². The predicted octanol–water partition coefficient (Wildman–Crippen LogP) is 0.858. The Morgan fingerprint density at radius 3 is 2.50 bits per heavy atom. The maximum absolute atomic E-state index is 11.9. The number of carbonyl (C=O) groups is 1. The number of rotatable bonds is 6. The highest BCUT2D eigenvalue weighted by Gasteiger charge is 2.27. The molecule has 1 amide bonds. The Bertz CT molecular complexity index is 611. The number of hydrogen-bond acceptors (Lipinski definition) is 5. The lowest BCUT2D eigenvalue weighted by atomic mass is 10.2. The number of anilines is 2. The van der Waals surface area contributed by atoms with Crippen LogP contribution in [0.5, 0.6) is 0 Å². The van der Waals surface area contributed by atoms with Crippen LogP contribution in [-0.4, -0.2) is 52.5 Å². The molecule has 1 heterocycles. The summed E-state index contributed by atoms with van der Waals surface area (Å²) in [5, 5.41) is 5.97. The normalized spacial score (nSPS) is 19.8. The van der Waals surface area contributed by atoms with E-state index in [1.807, 2.05) is 43.3 Å². The smallest absolute Gasteiger partial charge is 0.225 e. The van der Waals surface area contributed by atoms with Gasteiger partial charge in [0, 0.05) is 44.5 Å². The van der Waals surface area contributed by atoms with Crippen LogP contribution in [-0.2, 0) is 14.6 Å². The molecule has 0 aliphatic carbocycles. The molecule has 122 valence electrons. The topological polar surface area (TPSA) is 78.5 Å². The number of hydrogen-bond donors (Lipinski definition) is 2. The Morgan fingerprint density at radius 2 is 1.95 bits per heavy atom. The summed E-state index contributed by atoms with van der Waals surface area (Å²) in [5.74, 6) is 0.348. The molecule has 7 heteroatoms. The second-order valence-corrected chi connectivity index (χ2v) is 8.02. The van der Waals surface area contributed by atoms with Gasteiger partial charge < -0.3 is 15.5 Å². The first-order chi connectivity index (χ1) is 10.4. The van der Waals surface area contributed by atoms with Crippen LogP contribution in [0.3, 0.4) is 0 Å². The molecule has 0 spiro atoms. The Labute approximate surface area is 131 Å². The van der Waals surface area contributed by atoms with Crippen LogP contribution in [0.2, 0.25) is 0 Å². The van der Waals surface area contributed by atoms with E-state index in [-0.39, 0.29) is 23.5 Å². The molecular formula is C15H23N3O3S. The summed E-state index contributed by atoms with van der Waals surface area (Å²) in [5.41, 5.74) is 1.83. The first-order valence-corrected chi connectivity index (χ1v) is 9.19. The summed E-state index contributed by atoms with van der Waals surface area (Å²) in [6.45, 7) is 0.488. The fourth-order valence-corrected chi connectivity index (χ4v) is 4.12. The van der Waals surface area contributed by atoms with Crippen molar-refractivity contribution in [3.8, 4) is 0 Å². The molecule has 1 saturated heterocycles. The average molecular weight is 325 g/mol. The number of amides is 1. The second kappa shape index (κ2) is 7.11. The number of carbonyl (C=O) groups excluding carboxylic acids is 1. The molecule has 1 unspecified atom stereocenters. The van der Waals surface area contributed by atoms with Crippen LogP contribution in [0.25, 0.3) is 0 Å². The predicted molar refractivity (Wildman–Crippen MR) is 89.1 cm³/mol. The van der Waals surface area contributed by atoms with Gasteiger partial charge in [0.25, 0.3) is 0 Å². The van der Waals surface area contributed by atoms with Crippen molar-refractivity contribution in [3.05, 3.63) is 24.3 Å². The van der Waals surface area contributed by atoms with Gasteiger partial charge in [-0.05, 0) is 30.7 Å². The first kappa shape index (κ1) is 16.8. The van der Waals surface area contributed by atoms with E-state index < -0.39 is 9.84 Å². The summed E-state index contributed by atoms with van der Waals surface area (Å²) in [6.07, 6.45) is 0.960. The Morgan fingerprint density at radius 1 is 1.27 bits per heavy atom. The van der Waals surface area contributed by atoms with Gasteiger partial charge in [-0.15, -0.1) is 0 Å². The number of nitrogens with zero attached hydrogens (tertiary/aromatic N) is 1. The molecule has 0 bridgehead atoms. The van der Waals surface area contributed by atoms with Crippen LogP contribution in [0.4, 0.5) is 11.4 Å².